The Hall–Kier alpha value is -4.20. The first-order valence-electron chi connectivity index (χ1n) is 9.14. The Bertz CT molecular complexity index is 1340. The van der Waals surface area contributed by atoms with Crippen LogP contribution in [0.2, 0.25) is 0 Å². The van der Waals surface area contributed by atoms with E-state index in [0.717, 1.165) is 11.1 Å². The molecule has 7 nitrogen and oxygen atoms in total. The number of benzene rings is 1. The Morgan fingerprint density at radius 2 is 1.77 bits per heavy atom. The Labute approximate surface area is 169 Å². The number of halogens is 1. The minimum atomic E-state index is -0.314. The van der Waals surface area contributed by atoms with Crippen LogP contribution in [0.5, 0.6) is 5.75 Å². The van der Waals surface area contributed by atoms with E-state index in [2.05, 4.69) is 25.1 Å². The zero-order chi connectivity index (χ0) is 20.5. The topological polar surface area (TPSA) is 97.8 Å². The lowest BCUT2D eigenvalue weighted by Crippen LogP contribution is -1.94. The predicted molar refractivity (Wildman–Crippen MR) is 107 cm³/mol. The van der Waals surface area contributed by atoms with Gasteiger partial charge in [0, 0.05) is 29.5 Å². The average Bonchev–Trinajstić information content (AvgIpc) is 3.25. The molecule has 0 radical (unpaired) electrons. The van der Waals surface area contributed by atoms with Crippen LogP contribution in [0.25, 0.3) is 33.7 Å². The highest BCUT2D eigenvalue weighted by atomic mass is 19.1. The van der Waals surface area contributed by atoms with E-state index in [4.69, 9.17) is 4.42 Å². The summed E-state index contributed by atoms with van der Waals surface area (Å²) in [6, 6.07) is 13.3. The van der Waals surface area contributed by atoms with Crippen LogP contribution in [0.3, 0.4) is 0 Å². The molecule has 1 N–H and O–H groups in total. The molecule has 0 aliphatic carbocycles. The van der Waals surface area contributed by atoms with E-state index < -0.39 is 0 Å². The van der Waals surface area contributed by atoms with Crippen LogP contribution in [-0.2, 0) is 6.42 Å². The van der Waals surface area contributed by atoms with Gasteiger partial charge >= 0.3 is 0 Å². The summed E-state index contributed by atoms with van der Waals surface area (Å²) < 4.78 is 18.8. The zero-order valence-corrected chi connectivity index (χ0v) is 15.5. The molecule has 4 heterocycles. The molecule has 1 aromatic carbocycles. The first-order valence-corrected chi connectivity index (χ1v) is 9.14. The number of aromatic hydroxyl groups is 1. The van der Waals surface area contributed by atoms with Crippen molar-refractivity contribution in [1.82, 2.24) is 25.1 Å². The lowest BCUT2D eigenvalue weighted by molar-refractivity contribution is 0.471. The van der Waals surface area contributed by atoms with E-state index in [1.807, 2.05) is 12.1 Å². The molecule has 146 valence electrons. The van der Waals surface area contributed by atoms with Gasteiger partial charge in [-0.05, 0) is 42.0 Å². The standard InChI is InChI=1S/C22H14FN5O2/c23-15-7-5-13(6-8-15)11-17-27-28-22(30-17)20-21(29)19-16(4-2-10-25-19)18(26-20)14-3-1-9-24-12-14/h1-10,12,29H,11H2. The van der Waals surface area contributed by atoms with Crippen molar-refractivity contribution in [3.8, 4) is 28.6 Å². The highest BCUT2D eigenvalue weighted by molar-refractivity contribution is 5.98. The fraction of sp³-hybridized carbons (Fsp3) is 0.0455. The number of fused-ring (bicyclic) bond motifs is 1. The SMILES string of the molecule is Oc1c(-c2nnc(Cc3ccc(F)cc3)o2)nc(-c2cccnc2)c2cccnc12. The molecule has 30 heavy (non-hydrogen) atoms. The van der Waals surface area contributed by atoms with Gasteiger partial charge in [0.05, 0.1) is 12.1 Å². The van der Waals surface area contributed by atoms with E-state index in [-0.39, 0.29) is 23.2 Å². The van der Waals surface area contributed by atoms with Crippen LogP contribution >= 0.6 is 0 Å². The number of hydrogen-bond donors (Lipinski definition) is 1. The molecule has 5 rings (SSSR count). The van der Waals surface area contributed by atoms with E-state index in [1.54, 1.807) is 42.9 Å². The molecule has 8 heteroatoms. The van der Waals surface area contributed by atoms with Crippen molar-refractivity contribution in [2.75, 3.05) is 0 Å². The Balaban J connectivity index is 1.60. The number of nitrogens with zero attached hydrogens (tertiary/aromatic N) is 5. The molecule has 0 amide bonds. The average molecular weight is 399 g/mol. The van der Waals surface area contributed by atoms with Crippen molar-refractivity contribution in [2.45, 2.75) is 6.42 Å². The van der Waals surface area contributed by atoms with Crippen molar-refractivity contribution in [3.63, 3.8) is 0 Å². The smallest absolute Gasteiger partial charge is 0.270 e. The molecule has 0 spiro atoms. The van der Waals surface area contributed by atoms with Crippen molar-refractivity contribution in [1.29, 1.82) is 0 Å². The molecule has 4 aromatic heterocycles. The van der Waals surface area contributed by atoms with Gasteiger partial charge in [-0.3, -0.25) is 9.97 Å². The number of aromatic nitrogens is 5. The van der Waals surface area contributed by atoms with Gasteiger partial charge in [0.25, 0.3) is 5.89 Å². The van der Waals surface area contributed by atoms with Gasteiger partial charge in [-0.1, -0.05) is 12.1 Å². The Kier molecular flexibility index (Phi) is 4.36. The van der Waals surface area contributed by atoms with Gasteiger partial charge in [-0.25, -0.2) is 9.37 Å². The minimum absolute atomic E-state index is 0.0716. The molecule has 0 atom stereocenters. The van der Waals surface area contributed by atoms with E-state index in [0.29, 0.717) is 28.9 Å². The summed E-state index contributed by atoms with van der Waals surface area (Å²) >= 11 is 0. The van der Waals surface area contributed by atoms with Crippen LogP contribution < -0.4 is 0 Å². The monoisotopic (exact) mass is 399 g/mol. The third-order valence-electron chi connectivity index (χ3n) is 4.61. The molecule has 0 saturated carbocycles. The lowest BCUT2D eigenvalue weighted by atomic mass is 10.1. The summed E-state index contributed by atoms with van der Waals surface area (Å²) in [6.45, 7) is 0. The minimum Gasteiger partial charge on any atom is -0.504 e. The van der Waals surface area contributed by atoms with Crippen molar-refractivity contribution in [3.05, 3.63) is 84.4 Å². The molecule has 0 aliphatic rings. The summed E-state index contributed by atoms with van der Waals surface area (Å²) in [4.78, 5) is 13.0. The lowest BCUT2D eigenvalue weighted by Gasteiger charge is -2.09. The molecule has 0 unspecified atom stereocenters. The maximum atomic E-state index is 13.1. The molecule has 0 aliphatic heterocycles. The van der Waals surface area contributed by atoms with Crippen LogP contribution in [-0.4, -0.2) is 30.3 Å². The van der Waals surface area contributed by atoms with Gasteiger partial charge in [0.1, 0.15) is 11.3 Å². The quantitative estimate of drug-likeness (QED) is 0.484. The van der Waals surface area contributed by atoms with Crippen molar-refractivity contribution in [2.24, 2.45) is 0 Å². The molecule has 0 saturated heterocycles. The summed E-state index contributed by atoms with van der Waals surface area (Å²) in [6.07, 6.45) is 5.27. The second kappa shape index (κ2) is 7.32. The summed E-state index contributed by atoms with van der Waals surface area (Å²) in [7, 11) is 0. The molecule has 5 aromatic rings. The van der Waals surface area contributed by atoms with Gasteiger partial charge in [0.2, 0.25) is 5.89 Å². The molecular weight excluding hydrogens is 385 g/mol. The third-order valence-corrected chi connectivity index (χ3v) is 4.61. The second-order valence-electron chi connectivity index (χ2n) is 6.60. The maximum absolute atomic E-state index is 13.1. The molecular formula is C22H14FN5O2. The third kappa shape index (κ3) is 3.24. The Morgan fingerprint density at radius 1 is 0.933 bits per heavy atom. The van der Waals surface area contributed by atoms with Crippen LogP contribution in [0, 0.1) is 5.82 Å². The van der Waals surface area contributed by atoms with Gasteiger partial charge in [-0.2, -0.15) is 0 Å². The van der Waals surface area contributed by atoms with E-state index in [9.17, 15) is 9.50 Å². The van der Waals surface area contributed by atoms with E-state index >= 15 is 0 Å². The fourth-order valence-corrected chi connectivity index (χ4v) is 3.19. The summed E-state index contributed by atoms with van der Waals surface area (Å²) in [5.41, 5.74) is 2.69. The summed E-state index contributed by atoms with van der Waals surface area (Å²) in [5.74, 6) is -0.0648. The second-order valence-corrected chi connectivity index (χ2v) is 6.60. The Morgan fingerprint density at radius 3 is 2.57 bits per heavy atom. The predicted octanol–water partition coefficient (Wildman–Crippen LogP) is 4.18. The zero-order valence-electron chi connectivity index (χ0n) is 15.5. The molecule has 0 bridgehead atoms. The first-order chi connectivity index (χ1) is 14.7. The van der Waals surface area contributed by atoms with Gasteiger partial charge in [0.15, 0.2) is 11.4 Å². The van der Waals surface area contributed by atoms with Gasteiger partial charge < -0.3 is 9.52 Å². The maximum Gasteiger partial charge on any atom is 0.270 e. The van der Waals surface area contributed by atoms with E-state index in [1.165, 1.54) is 12.1 Å². The summed E-state index contributed by atoms with van der Waals surface area (Å²) in [5, 5.41) is 19.6. The van der Waals surface area contributed by atoms with Crippen LogP contribution in [0.1, 0.15) is 11.5 Å². The largest absolute Gasteiger partial charge is 0.504 e. The van der Waals surface area contributed by atoms with Gasteiger partial charge in [-0.15, -0.1) is 10.2 Å². The highest BCUT2D eigenvalue weighted by Crippen LogP contribution is 2.37. The number of hydrogen-bond acceptors (Lipinski definition) is 7. The normalized spacial score (nSPS) is 11.1. The number of pyridine rings is 3. The fourth-order valence-electron chi connectivity index (χ4n) is 3.19. The molecule has 0 fully saturated rings. The van der Waals surface area contributed by atoms with Crippen LogP contribution in [0.4, 0.5) is 4.39 Å². The van der Waals surface area contributed by atoms with Crippen LogP contribution in [0.15, 0.2) is 71.5 Å². The highest BCUT2D eigenvalue weighted by Gasteiger charge is 2.21. The number of rotatable bonds is 4. The first kappa shape index (κ1) is 17.9. The van der Waals surface area contributed by atoms with Crippen molar-refractivity contribution < 1.29 is 13.9 Å². The van der Waals surface area contributed by atoms with Crippen molar-refractivity contribution >= 4 is 10.9 Å².